The minimum Gasteiger partial charge on any atom is -0.497 e. The molecule has 4 amide bonds. The third-order valence-corrected chi connectivity index (χ3v) is 21.0. The summed E-state index contributed by atoms with van der Waals surface area (Å²) < 4.78 is 34.9. The molecule has 89 heavy (non-hydrogen) atoms. The summed E-state index contributed by atoms with van der Waals surface area (Å²) in [5.41, 5.74) is 4.76. The van der Waals surface area contributed by atoms with E-state index in [1.165, 1.54) is 9.80 Å². The van der Waals surface area contributed by atoms with Crippen LogP contribution in [-0.2, 0) is 19.4 Å². The van der Waals surface area contributed by atoms with Crippen molar-refractivity contribution in [1.29, 1.82) is 5.26 Å². The molecule has 0 N–H and O–H groups in total. The Labute approximate surface area is 523 Å². The molecule has 0 bridgehead atoms. The number of ether oxygens (including phenoxy) is 3. The summed E-state index contributed by atoms with van der Waals surface area (Å²) in [5.74, 6) is 0.0701. The maximum atomic E-state index is 16.2. The molecule has 16 heteroatoms. The molecular weight excluding hydrogens is 1140 g/mol. The van der Waals surface area contributed by atoms with Crippen LogP contribution in [0.3, 0.4) is 0 Å². The highest BCUT2D eigenvalue weighted by Crippen LogP contribution is 2.54. The average Bonchev–Trinajstić information content (AvgIpc) is 0.868. The number of methoxy groups -OCH3 is 2. The minimum absolute atomic E-state index is 0.0621. The lowest BCUT2D eigenvalue weighted by Gasteiger charge is -2.40. The first-order valence-corrected chi connectivity index (χ1v) is 33.1. The van der Waals surface area contributed by atoms with Gasteiger partial charge in [-0.25, -0.2) is 4.67 Å². The largest absolute Gasteiger partial charge is 0.497 e. The molecule has 8 aromatic carbocycles. The number of hydrogen-bond acceptors (Lipinski definition) is 13. The molecule has 15 nitrogen and oxygen atoms in total. The van der Waals surface area contributed by atoms with Crippen molar-refractivity contribution in [3.63, 3.8) is 0 Å². The van der Waals surface area contributed by atoms with Crippen molar-refractivity contribution in [2.24, 2.45) is 5.92 Å². The normalized spacial score (nSPS) is 16.4. The summed E-state index contributed by atoms with van der Waals surface area (Å²) in [7, 11) is 1.32. The number of benzene rings is 8. The molecule has 4 aliphatic heterocycles. The van der Waals surface area contributed by atoms with Gasteiger partial charge in [-0.3, -0.25) is 29.0 Å². The summed E-state index contributed by atoms with van der Waals surface area (Å²) >= 11 is 0. The Bertz CT molecular complexity index is 3930. The summed E-state index contributed by atoms with van der Waals surface area (Å²) in [6, 6.07) is 39.5. The maximum Gasteiger partial charge on any atom is 0.261 e. The number of fused-ring (bicyclic) bond motifs is 2. The topological polar surface area (TPSA) is 154 Å². The number of carbonyl (C=O) groups is 4. The van der Waals surface area contributed by atoms with Crippen molar-refractivity contribution >= 4 is 86.6 Å². The van der Waals surface area contributed by atoms with Crippen LogP contribution in [0.5, 0.6) is 11.5 Å². The van der Waals surface area contributed by atoms with E-state index < -0.39 is 32.0 Å². The predicted octanol–water partition coefficient (Wildman–Crippen LogP) is 15.0. The number of amides is 4. The third kappa shape index (κ3) is 11.0. The number of rotatable bonds is 26. The Balaban J connectivity index is 1.03. The molecule has 4 aliphatic rings. The number of nitriles is 1. The molecule has 462 valence electrons. The molecule has 2 saturated heterocycles. The highest BCUT2D eigenvalue weighted by molar-refractivity contribution is 7.44. The lowest BCUT2D eigenvalue weighted by atomic mass is 9.80. The molecule has 8 aromatic rings. The molecule has 4 heterocycles. The second-order valence-electron chi connectivity index (χ2n) is 24.8. The summed E-state index contributed by atoms with van der Waals surface area (Å²) in [5, 5.41) is 16.3. The molecule has 3 atom stereocenters. The van der Waals surface area contributed by atoms with Gasteiger partial charge in [0.1, 0.15) is 23.2 Å². The van der Waals surface area contributed by atoms with E-state index in [0.29, 0.717) is 51.1 Å². The Kier molecular flexibility index (Phi) is 18.0. The van der Waals surface area contributed by atoms with Crippen molar-refractivity contribution in [3.8, 4) is 17.6 Å². The van der Waals surface area contributed by atoms with Gasteiger partial charge in [-0.2, -0.15) is 5.26 Å². The van der Waals surface area contributed by atoms with Gasteiger partial charge in [-0.05, 0) is 142 Å². The number of anilines is 2. The molecule has 0 radical (unpaired) electrons. The van der Waals surface area contributed by atoms with Crippen LogP contribution in [0.25, 0.3) is 43.1 Å². The molecule has 0 spiro atoms. The Hall–Kier alpha value is -7.70. The van der Waals surface area contributed by atoms with Crippen molar-refractivity contribution in [2.45, 2.75) is 123 Å². The fraction of sp³-hybridized carbons (Fsp3) is 0.411. The Morgan fingerprint density at radius 2 is 1.06 bits per heavy atom. The smallest absolute Gasteiger partial charge is 0.261 e. The second-order valence-corrected chi connectivity index (χ2v) is 26.2. The molecule has 0 aromatic heterocycles. The van der Waals surface area contributed by atoms with Crippen LogP contribution in [-0.4, -0.2) is 123 Å². The van der Waals surface area contributed by atoms with Crippen molar-refractivity contribution in [1.82, 2.24) is 14.5 Å². The summed E-state index contributed by atoms with van der Waals surface area (Å²) in [6.07, 6.45) is 6.93. The zero-order chi connectivity index (χ0) is 62.3. The second kappa shape index (κ2) is 26.0. The lowest BCUT2D eigenvalue weighted by Crippen LogP contribution is -2.47. The number of nitrogens with zero attached hydrogens (tertiary/aromatic N) is 6. The van der Waals surface area contributed by atoms with E-state index in [1.807, 2.05) is 109 Å². The third-order valence-electron chi connectivity index (χ3n) is 18.8. The zero-order valence-electron chi connectivity index (χ0n) is 52.6. The van der Waals surface area contributed by atoms with Crippen LogP contribution < -0.4 is 19.3 Å². The van der Waals surface area contributed by atoms with E-state index in [-0.39, 0.29) is 56.0 Å². The highest BCUT2D eigenvalue weighted by atomic mass is 31.2. The van der Waals surface area contributed by atoms with Crippen molar-refractivity contribution in [3.05, 3.63) is 154 Å². The van der Waals surface area contributed by atoms with Crippen LogP contribution in [0.1, 0.15) is 157 Å². The first-order chi connectivity index (χ1) is 43.3. The predicted molar refractivity (Wildman–Crippen MR) is 353 cm³/mol. The van der Waals surface area contributed by atoms with Crippen molar-refractivity contribution in [2.75, 3.05) is 76.5 Å². The maximum absolute atomic E-state index is 16.2. The van der Waals surface area contributed by atoms with Crippen LogP contribution in [0.2, 0.25) is 0 Å². The number of hydrogen-bond donors (Lipinski definition) is 0. The van der Waals surface area contributed by atoms with Gasteiger partial charge in [-0.1, -0.05) is 99.8 Å². The number of unbranched alkanes of at least 4 members (excludes halogenated alkanes) is 1. The van der Waals surface area contributed by atoms with Gasteiger partial charge in [0, 0.05) is 99.6 Å². The van der Waals surface area contributed by atoms with Gasteiger partial charge in [0.05, 0.1) is 57.6 Å². The molecule has 12 rings (SSSR count). The van der Waals surface area contributed by atoms with E-state index in [0.717, 1.165) is 138 Å². The van der Waals surface area contributed by atoms with Gasteiger partial charge >= 0.3 is 0 Å². The van der Waals surface area contributed by atoms with Gasteiger partial charge in [0.2, 0.25) is 0 Å². The Morgan fingerprint density at radius 1 is 0.584 bits per heavy atom. The first kappa shape index (κ1) is 61.5. The molecular formula is C73H81N6O9P. The van der Waals surface area contributed by atoms with E-state index >= 15 is 14.4 Å². The van der Waals surface area contributed by atoms with Crippen molar-refractivity contribution < 1.29 is 42.4 Å². The van der Waals surface area contributed by atoms with Gasteiger partial charge in [0.25, 0.3) is 32.2 Å². The van der Waals surface area contributed by atoms with Gasteiger partial charge in [-0.15, -0.1) is 0 Å². The zero-order valence-corrected chi connectivity index (χ0v) is 53.5. The van der Waals surface area contributed by atoms with E-state index in [9.17, 15) is 10.1 Å². The number of imide groups is 2. The average molecular weight is 1220 g/mol. The molecule has 2 fully saturated rings. The number of carbonyl (C=O) groups excluding carboxylic acids is 4. The Morgan fingerprint density at radius 3 is 1.51 bits per heavy atom. The van der Waals surface area contributed by atoms with Crippen LogP contribution in [0, 0.1) is 17.2 Å². The van der Waals surface area contributed by atoms with Gasteiger partial charge < -0.3 is 33.1 Å². The molecule has 0 saturated carbocycles. The highest BCUT2D eigenvalue weighted by Gasteiger charge is 2.44. The summed E-state index contributed by atoms with van der Waals surface area (Å²) in [6.45, 7) is 15.8. The van der Waals surface area contributed by atoms with Crippen LogP contribution in [0.15, 0.2) is 115 Å². The molecule has 0 aliphatic carbocycles. The van der Waals surface area contributed by atoms with Crippen LogP contribution in [0.4, 0.5) is 11.4 Å². The van der Waals surface area contributed by atoms with E-state index in [2.05, 4.69) is 68.1 Å². The fourth-order valence-corrected chi connectivity index (χ4v) is 16.2. The minimum atomic E-state index is -1.94. The lowest BCUT2D eigenvalue weighted by molar-refractivity contribution is -0.0394. The SMILES string of the molecule is CCCCC(CC)CN1C(=O)c2ccc3c4c(N5CCCC5)cc5c6c(ccc(c7c(N8CCCC8)cc(c2c37)C1=O)c64)C(=O)N(C[C@@H](COC(c1ccccc1)(c1ccc(OC)cc1)c1ccc(OC)cc1)OP(OCCC#N)N(C(C)C)C(C)C)C5=O. The molecule has 2 unspecified atom stereocenters. The van der Waals surface area contributed by atoms with Gasteiger partial charge in [0.15, 0.2) is 0 Å². The monoisotopic (exact) mass is 1220 g/mol. The van der Waals surface area contributed by atoms with E-state index in [1.54, 1.807) is 14.2 Å². The summed E-state index contributed by atoms with van der Waals surface area (Å²) in [4.78, 5) is 69.8. The van der Waals surface area contributed by atoms with Crippen LogP contribution >= 0.6 is 8.53 Å². The fourth-order valence-electron chi connectivity index (χ4n) is 14.5. The first-order valence-electron chi connectivity index (χ1n) is 32.0. The quantitative estimate of drug-likeness (QED) is 0.0126. The standard InChI is InChI=1S/C73H81N6O9P/c1-9-11-20-48(10-2)43-77-69(80)57-33-31-55-66-62(76-38-17-18-39-76)42-60-64-58(34-32-56(68(64)66)65-61(75-36-15-16-37-75)41-59(71(77)82)63(57)67(55)65)70(81)78(72(60)83)44-54(88-89(87-40-19-35-74)79(46(3)4)47(5)6)45-86-73(49-21-13-12-14-22-49,50-23-27-52(84-7)28-24-50)51-25-29-53(85-8)30-26-51/h12-14,21-34,41-42,46-48,54H,9-11,15-20,36-40,43-45H2,1-8H3/t48?,54-,89?/m0/s1. The van der Waals surface area contributed by atoms with E-state index in [4.69, 9.17) is 23.3 Å².